The minimum absolute atomic E-state index is 0.339. The molecule has 50 heavy (non-hydrogen) atoms. The van der Waals surface area contributed by atoms with E-state index >= 15 is 0 Å². The predicted octanol–water partition coefficient (Wildman–Crippen LogP) is 2.63. The maximum atomic E-state index is 6.61. The minimum Gasteiger partial charge on any atom is -0.456 e. The number of hydrogen-bond acceptors (Lipinski definition) is 4. The molecule has 9 rings (SSSR count). The van der Waals surface area contributed by atoms with Gasteiger partial charge < -0.3 is 8.98 Å². The zero-order chi connectivity index (χ0) is 34.3. The van der Waals surface area contributed by atoms with Crippen LogP contribution in [-0.2, 0) is 0 Å². The highest BCUT2D eigenvalue weighted by molar-refractivity contribution is 6.62. The third kappa shape index (κ3) is 4.67. The zero-order valence-corrected chi connectivity index (χ0v) is 26.6. The van der Waals surface area contributed by atoms with E-state index in [0.29, 0.717) is 83.2 Å². The first-order valence-electron chi connectivity index (χ1n) is 15.9. The van der Waals surface area contributed by atoms with Crippen LogP contribution in [0.5, 0.6) is 0 Å². The summed E-state index contributed by atoms with van der Waals surface area (Å²) in [7, 11) is 38.8. The van der Waals surface area contributed by atoms with Gasteiger partial charge in [-0.25, -0.2) is 15.0 Å². The van der Waals surface area contributed by atoms with Crippen molar-refractivity contribution < 1.29 is 4.42 Å². The summed E-state index contributed by atoms with van der Waals surface area (Å²) in [6.45, 7) is 0. The standard InChI is InChI=1S/C39H18B6N4O/c40-25-17-27(42)35-31(33(25)44)32-34(45)26(41)18-28(43)36(32)49(35)22-12-14-29-24(16-22)23-13-11-21(15-30(23)50-29)39-47-37(19-7-3-1-4-8-19)46-38(48-39)20-9-5-2-6-10-20/h1-18H. The van der Waals surface area contributed by atoms with Crippen LogP contribution in [0.3, 0.4) is 0 Å². The van der Waals surface area contributed by atoms with Gasteiger partial charge in [0.25, 0.3) is 0 Å². The number of aromatic nitrogens is 4. The third-order valence-electron chi connectivity index (χ3n) is 9.17. The normalized spacial score (nSPS) is 11.7. The molecule has 0 unspecified atom stereocenters. The summed E-state index contributed by atoms with van der Waals surface area (Å²) in [5, 5.41) is 2.98. The number of nitrogens with zero attached hydrogens (tertiary/aromatic N) is 4. The van der Waals surface area contributed by atoms with E-state index in [2.05, 4.69) is 0 Å². The lowest BCUT2D eigenvalue weighted by atomic mass is 9.71. The summed E-state index contributed by atoms with van der Waals surface area (Å²) in [5.41, 5.74) is 8.19. The Bertz CT molecular complexity index is 2700. The van der Waals surface area contributed by atoms with Crippen molar-refractivity contribution in [3.8, 4) is 39.9 Å². The Labute approximate surface area is 295 Å². The van der Waals surface area contributed by atoms with Gasteiger partial charge in [0.05, 0.1) is 0 Å². The van der Waals surface area contributed by atoms with Crippen LogP contribution >= 0.6 is 0 Å². The van der Waals surface area contributed by atoms with Crippen LogP contribution in [0.1, 0.15) is 0 Å². The van der Waals surface area contributed by atoms with E-state index in [0.717, 1.165) is 33.2 Å². The van der Waals surface area contributed by atoms with Gasteiger partial charge in [-0.05, 0) is 41.1 Å². The summed E-state index contributed by atoms with van der Waals surface area (Å²) in [4.78, 5) is 14.6. The van der Waals surface area contributed by atoms with Gasteiger partial charge in [-0.3, -0.25) is 0 Å². The minimum atomic E-state index is 0.339. The maximum absolute atomic E-state index is 6.61. The molecule has 0 saturated carbocycles. The Balaban J connectivity index is 1.24. The van der Waals surface area contributed by atoms with Crippen LogP contribution in [0, 0.1) is 0 Å². The van der Waals surface area contributed by atoms with Gasteiger partial charge in [0.2, 0.25) is 0 Å². The van der Waals surface area contributed by atoms with E-state index in [-0.39, 0.29) is 0 Å². The van der Waals surface area contributed by atoms with E-state index in [1.165, 1.54) is 0 Å². The zero-order valence-electron chi connectivity index (χ0n) is 26.6. The first-order chi connectivity index (χ1) is 24.3. The Morgan fingerprint density at radius 3 is 1.50 bits per heavy atom. The fraction of sp³-hybridized carbons (Fsp3) is 0. The molecule has 3 heterocycles. The van der Waals surface area contributed by atoms with Crippen molar-refractivity contribution in [1.29, 1.82) is 0 Å². The Kier molecular flexibility index (Phi) is 6.96. The highest BCUT2D eigenvalue weighted by Crippen LogP contribution is 2.35. The molecular formula is C39H18B6N4O. The molecule has 0 aliphatic heterocycles. The van der Waals surface area contributed by atoms with E-state index in [1.807, 2.05) is 102 Å². The van der Waals surface area contributed by atoms with E-state index in [4.69, 9.17) is 66.4 Å². The fourth-order valence-electron chi connectivity index (χ4n) is 6.80. The van der Waals surface area contributed by atoms with Crippen LogP contribution < -0.4 is 32.8 Å². The smallest absolute Gasteiger partial charge is 0.164 e. The van der Waals surface area contributed by atoms with Crippen molar-refractivity contribution in [2.45, 2.75) is 0 Å². The van der Waals surface area contributed by atoms with Crippen molar-refractivity contribution in [2.24, 2.45) is 0 Å². The molecule has 0 atom stereocenters. The highest BCUT2D eigenvalue weighted by Gasteiger charge is 2.21. The molecule has 0 fully saturated rings. The van der Waals surface area contributed by atoms with E-state index in [9.17, 15) is 0 Å². The second-order valence-corrected chi connectivity index (χ2v) is 12.3. The van der Waals surface area contributed by atoms with Gasteiger partial charge in [0, 0.05) is 44.2 Å². The van der Waals surface area contributed by atoms with Crippen LogP contribution in [0.15, 0.2) is 114 Å². The molecule has 218 valence electrons. The van der Waals surface area contributed by atoms with Crippen molar-refractivity contribution >= 4 is 124 Å². The van der Waals surface area contributed by atoms with Crippen molar-refractivity contribution in [3.05, 3.63) is 109 Å². The fourth-order valence-corrected chi connectivity index (χ4v) is 6.80. The van der Waals surface area contributed by atoms with Crippen LogP contribution in [0.25, 0.3) is 83.6 Å². The molecule has 5 nitrogen and oxygen atoms in total. The van der Waals surface area contributed by atoms with Crippen LogP contribution in [0.4, 0.5) is 0 Å². The lowest BCUT2D eigenvalue weighted by Gasteiger charge is -2.14. The monoisotopic (exact) mass is 624 g/mol. The molecular weight excluding hydrogens is 605 g/mol. The Morgan fingerprint density at radius 2 is 0.960 bits per heavy atom. The summed E-state index contributed by atoms with van der Waals surface area (Å²) in [5.74, 6) is 1.70. The van der Waals surface area contributed by atoms with Crippen LogP contribution in [-0.4, -0.2) is 66.6 Å². The number of benzene rings is 6. The predicted molar refractivity (Wildman–Crippen MR) is 210 cm³/mol. The number of fused-ring (bicyclic) bond motifs is 6. The highest BCUT2D eigenvalue weighted by atomic mass is 16.3. The summed E-state index contributed by atoms with van der Waals surface area (Å²) in [6.07, 6.45) is 0. The van der Waals surface area contributed by atoms with Gasteiger partial charge >= 0.3 is 0 Å². The molecule has 0 bridgehead atoms. The average Bonchev–Trinajstić information content (AvgIpc) is 3.70. The quantitative estimate of drug-likeness (QED) is 0.283. The van der Waals surface area contributed by atoms with Crippen molar-refractivity contribution in [1.82, 2.24) is 19.5 Å². The first-order valence-corrected chi connectivity index (χ1v) is 15.9. The third-order valence-corrected chi connectivity index (χ3v) is 9.17. The molecule has 12 radical (unpaired) electrons. The molecule has 0 saturated heterocycles. The van der Waals surface area contributed by atoms with Gasteiger partial charge in [0.1, 0.15) is 58.2 Å². The molecule has 0 aliphatic rings. The Morgan fingerprint density at radius 1 is 0.440 bits per heavy atom. The molecule has 0 N–H and O–H groups in total. The molecule has 0 amide bonds. The number of hydrogen-bond donors (Lipinski definition) is 0. The van der Waals surface area contributed by atoms with Crippen LogP contribution in [0.2, 0.25) is 0 Å². The number of rotatable bonds is 4. The van der Waals surface area contributed by atoms with Crippen molar-refractivity contribution in [3.63, 3.8) is 0 Å². The molecule has 3 aromatic heterocycles. The largest absolute Gasteiger partial charge is 0.456 e. The van der Waals surface area contributed by atoms with E-state index < -0.39 is 0 Å². The summed E-state index contributed by atoms with van der Waals surface area (Å²) >= 11 is 0. The average molecular weight is 623 g/mol. The van der Waals surface area contributed by atoms with Gasteiger partial charge in [-0.2, -0.15) is 0 Å². The second kappa shape index (κ2) is 11.4. The lowest BCUT2D eigenvalue weighted by Crippen LogP contribution is -2.33. The van der Waals surface area contributed by atoms with E-state index in [1.54, 1.807) is 12.1 Å². The molecule has 11 heteroatoms. The number of furan rings is 1. The topological polar surface area (TPSA) is 56.7 Å². The molecule has 0 spiro atoms. The maximum Gasteiger partial charge on any atom is 0.164 e. The molecule has 0 aliphatic carbocycles. The van der Waals surface area contributed by atoms with Gasteiger partial charge in [-0.15, -0.1) is 10.9 Å². The van der Waals surface area contributed by atoms with Gasteiger partial charge in [0.15, 0.2) is 17.5 Å². The SMILES string of the molecule is [B]c1cc([B])c2c(c1[B])c1c([B])c([B])cc([B])c1n2-c1ccc2oc3cc(-c4nc(-c5ccccc5)nc(-c5ccccc5)n4)ccc3c2c1. The molecule has 9 aromatic rings. The summed E-state index contributed by atoms with van der Waals surface area (Å²) in [6, 6.07) is 34.9. The molecule has 6 aromatic carbocycles. The summed E-state index contributed by atoms with van der Waals surface area (Å²) < 4.78 is 8.36. The second-order valence-electron chi connectivity index (χ2n) is 12.3. The Hall–Kier alpha value is -5.68. The lowest BCUT2D eigenvalue weighted by molar-refractivity contribution is 0.669. The first kappa shape index (κ1) is 30.4. The van der Waals surface area contributed by atoms with Gasteiger partial charge in [-0.1, -0.05) is 101 Å². The van der Waals surface area contributed by atoms with Crippen molar-refractivity contribution in [2.75, 3.05) is 0 Å².